The van der Waals surface area contributed by atoms with Crippen molar-refractivity contribution >= 4 is 11.6 Å². The molecule has 0 atom stereocenters. The number of carbonyl (C=O) groups is 1. The zero-order valence-electron chi connectivity index (χ0n) is 11.1. The van der Waals surface area contributed by atoms with E-state index in [9.17, 15) is 4.79 Å². The van der Waals surface area contributed by atoms with Crippen molar-refractivity contribution in [3.8, 4) is 5.75 Å². The van der Waals surface area contributed by atoms with Crippen molar-refractivity contribution in [3.05, 3.63) is 23.8 Å². The number of nitrogen functional groups attached to an aromatic ring is 1. The van der Waals surface area contributed by atoms with E-state index in [1.807, 2.05) is 0 Å². The Balaban J connectivity index is 2.72. The number of amides is 1. The summed E-state index contributed by atoms with van der Waals surface area (Å²) in [6.45, 7) is 1.15. The zero-order valence-corrected chi connectivity index (χ0v) is 11.1. The van der Waals surface area contributed by atoms with Gasteiger partial charge in [0.15, 0.2) is 0 Å². The van der Waals surface area contributed by atoms with Crippen molar-refractivity contribution in [2.75, 3.05) is 40.2 Å². The Hall–Kier alpha value is -1.75. The van der Waals surface area contributed by atoms with E-state index in [1.165, 1.54) is 4.90 Å². The van der Waals surface area contributed by atoms with Crippen LogP contribution in [0, 0.1) is 0 Å². The fourth-order valence-electron chi connectivity index (χ4n) is 1.44. The maximum absolute atomic E-state index is 11.8. The van der Waals surface area contributed by atoms with Crippen molar-refractivity contribution < 1.29 is 14.3 Å². The molecule has 0 aromatic heterocycles. The molecule has 1 amide bonds. The summed E-state index contributed by atoms with van der Waals surface area (Å²) < 4.78 is 10.5. The molecule has 0 saturated heterocycles. The van der Waals surface area contributed by atoms with Crippen LogP contribution in [0.5, 0.6) is 5.75 Å². The van der Waals surface area contributed by atoms with Crippen LogP contribution in [0.4, 0.5) is 5.69 Å². The van der Waals surface area contributed by atoms with Crippen molar-refractivity contribution in [2.24, 2.45) is 0 Å². The van der Waals surface area contributed by atoms with E-state index in [-0.39, 0.29) is 5.91 Å². The Morgan fingerprint density at radius 1 is 1.33 bits per heavy atom. The van der Waals surface area contributed by atoms with Gasteiger partial charge >= 0.3 is 0 Å². The number of nitrogens with two attached hydrogens (primary N) is 1. The highest BCUT2D eigenvalue weighted by atomic mass is 16.5. The molecule has 0 radical (unpaired) electrons. The van der Waals surface area contributed by atoms with Gasteiger partial charge in [-0.05, 0) is 18.2 Å². The molecular weight excluding hydrogens is 232 g/mol. The highest BCUT2D eigenvalue weighted by molar-refractivity contribution is 5.94. The van der Waals surface area contributed by atoms with Crippen LogP contribution in [0.25, 0.3) is 0 Å². The molecule has 18 heavy (non-hydrogen) atoms. The fraction of sp³-hybridized carbons (Fsp3) is 0.462. The SMILES string of the molecule is COCCCOc1cc(C(=O)N(C)C)ccc1N. The van der Waals surface area contributed by atoms with Crippen LogP contribution in [0.2, 0.25) is 0 Å². The number of anilines is 1. The Morgan fingerprint density at radius 3 is 2.67 bits per heavy atom. The molecular formula is C13H20N2O3. The third-order valence-electron chi connectivity index (χ3n) is 2.42. The smallest absolute Gasteiger partial charge is 0.253 e. The Kier molecular flexibility index (Phi) is 5.45. The molecule has 1 aromatic carbocycles. The highest BCUT2D eigenvalue weighted by Gasteiger charge is 2.10. The molecule has 0 aliphatic carbocycles. The van der Waals surface area contributed by atoms with E-state index in [1.54, 1.807) is 39.4 Å². The first kappa shape index (κ1) is 14.3. The van der Waals surface area contributed by atoms with Crippen LogP contribution < -0.4 is 10.5 Å². The van der Waals surface area contributed by atoms with Crippen molar-refractivity contribution in [3.63, 3.8) is 0 Å². The van der Waals surface area contributed by atoms with Crippen molar-refractivity contribution in [2.45, 2.75) is 6.42 Å². The summed E-state index contributed by atoms with van der Waals surface area (Å²) in [6, 6.07) is 5.05. The van der Waals surface area contributed by atoms with Gasteiger partial charge in [-0.25, -0.2) is 0 Å². The summed E-state index contributed by atoms with van der Waals surface area (Å²) in [4.78, 5) is 13.3. The summed E-state index contributed by atoms with van der Waals surface area (Å²) in [5.74, 6) is 0.468. The van der Waals surface area contributed by atoms with Gasteiger partial charge in [-0.15, -0.1) is 0 Å². The van der Waals surface area contributed by atoms with Gasteiger partial charge in [-0.2, -0.15) is 0 Å². The second kappa shape index (κ2) is 6.86. The van der Waals surface area contributed by atoms with Crippen LogP contribution in [0.3, 0.4) is 0 Å². The lowest BCUT2D eigenvalue weighted by atomic mass is 10.1. The molecule has 100 valence electrons. The van der Waals surface area contributed by atoms with Crippen LogP contribution in [-0.2, 0) is 4.74 Å². The quantitative estimate of drug-likeness (QED) is 0.613. The molecule has 5 nitrogen and oxygen atoms in total. The van der Waals surface area contributed by atoms with Crippen LogP contribution in [-0.4, -0.2) is 45.2 Å². The molecule has 0 fully saturated rings. The number of rotatable bonds is 6. The number of nitrogens with zero attached hydrogens (tertiary/aromatic N) is 1. The summed E-state index contributed by atoms with van der Waals surface area (Å²) in [5.41, 5.74) is 6.90. The summed E-state index contributed by atoms with van der Waals surface area (Å²) in [7, 11) is 5.06. The maximum atomic E-state index is 11.8. The topological polar surface area (TPSA) is 64.8 Å². The van der Waals surface area contributed by atoms with E-state index >= 15 is 0 Å². The van der Waals surface area contributed by atoms with E-state index in [0.29, 0.717) is 30.2 Å². The minimum atomic E-state index is -0.0725. The molecule has 0 aliphatic rings. The molecule has 1 rings (SSSR count). The van der Waals surface area contributed by atoms with E-state index in [2.05, 4.69) is 0 Å². The lowest BCUT2D eigenvalue weighted by Crippen LogP contribution is -2.21. The normalized spacial score (nSPS) is 10.2. The lowest BCUT2D eigenvalue weighted by Gasteiger charge is -2.13. The van der Waals surface area contributed by atoms with Gasteiger partial charge < -0.3 is 20.1 Å². The second-order valence-electron chi connectivity index (χ2n) is 4.15. The van der Waals surface area contributed by atoms with Gasteiger partial charge in [-0.3, -0.25) is 4.79 Å². The van der Waals surface area contributed by atoms with Crippen LogP contribution in [0.1, 0.15) is 16.8 Å². The summed E-state index contributed by atoms with van der Waals surface area (Å²) in [5, 5.41) is 0. The average Bonchev–Trinajstić information content (AvgIpc) is 2.35. The predicted molar refractivity (Wildman–Crippen MR) is 70.9 cm³/mol. The van der Waals surface area contributed by atoms with Crippen molar-refractivity contribution in [1.29, 1.82) is 0 Å². The van der Waals surface area contributed by atoms with Gasteiger partial charge in [0, 0.05) is 39.8 Å². The lowest BCUT2D eigenvalue weighted by molar-refractivity contribution is 0.0827. The Morgan fingerprint density at radius 2 is 2.06 bits per heavy atom. The first-order valence-electron chi connectivity index (χ1n) is 5.79. The first-order valence-corrected chi connectivity index (χ1v) is 5.79. The fourth-order valence-corrected chi connectivity index (χ4v) is 1.44. The van der Waals surface area contributed by atoms with Crippen LogP contribution in [0.15, 0.2) is 18.2 Å². The molecule has 0 bridgehead atoms. The minimum absolute atomic E-state index is 0.0725. The number of benzene rings is 1. The molecule has 0 unspecified atom stereocenters. The minimum Gasteiger partial charge on any atom is -0.491 e. The van der Waals surface area contributed by atoms with Gasteiger partial charge in [0.05, 0.1) is 12.3 Å². The van der Waals surface area contributed by atoms with E-state index in [0.717, 1.165) is 6.42 Å². The molecule has 0 saturated carbocycles. The number of hydrogen-bond acceptors (Lipinski definition) is 4. The maximum Gasteiger partial charge on any atom is 0.253 e. The zero-order chi connectivity index (χ0) is 13.5. The van der Waals surface area contributed by atoms with E-state index < -0.39 is 0 Å². The largest absolute Gasteiger partial charge is 0.491 e. The molecule has 1 aromatic rings. The monoisotopic (exact) mass is 252 g/mol. The number of carbonyl (C=O) groups excluding carboxylic acids is 1. The average molecular weight is 252 g/mol. The first-order chi connectivity index (χ1) is 8.56. The number of ether oxygens (including phenoxy) is 2. The molecule has 0 spiro atoms. The van der Waals surface area contributed by atoms with Gasteiger partial charge in [0.2, 0.25) is 0 Å². The third-order valence-corrected chi connectivity index (χ3v) is 2.42. The van der Waals surface area contributed by atoms with Gasteiger partial charge in [0.1, 0.15) is 5.75 Å². The highest BCUT2D eigenvalue weighted by Crippen LogP contribution is 2.23. The van der Waals surface area contributed by atoms with Gasteiger partial charge in [0.25, 0.3) is 5.91 Å². The molecule has 2 N–H and O–H groups in total. The molecule has 0 heterocycles. The van der Waals surface area contributed by atoms with E-state index in [4.69, 9.17) is 15.2 Å². The molecule has 0 aliphatic heterocycles. The second-order valence-corrected chi connectivity index (χ2v) is 4.15. The van der Waals surface area contributed by atoms with Gasteiger partial charge in [-0.1, -0.05) is 0 Å². The van der Waals surface area contributed by atoms with Crippen molar-refractivity contribution in [1.82, 2.24) is 4.90 Å². The molecule has 5 heteroatoms. The number of hydrogen-bond donors (Lipinski definition) is 1. The number of methoxy groups -OCH3 is 1. The third kappa shape index (κ3) is 3.92. The predicted octanol–water partition coefficient (Wildman–Crippen LogP) is 1.39. The summed E-state index contributed by atoms with van der Waals surface area (Å²) in [6.07, 6.45) is 0.780. The summed E-state index contributed by atoms with van der Waals surface area (Å²) >= 11 is 0. The van der Waals surface area contributed by atoms with Crippen LogP contribution >= 0.6 is 0 Å². The Labute approximate surface area is 107 Å². The standard InChI is InChI=1S/C13H20N2O3/c1-15(2)13(16)10-5-6-11(14)12(9-10)18-8-4-7-17-3/h5-6,9H,4,7-8,14H2,1-3H3. The Bertz CT molecular complexity index is 405.